The number of methoxy groups -OCH3 is 1. The average molecular weight is 363 g/mol. The normalized spacial score (nSPS) is 10.5. The van der Waals surface area contributed by atoms with Gasteiger partial charge < -0.3 is 14.8 Å². The number of ether oxygens (including phenoxy) is 2. The van der Waals surface area contributed by atoms with Crippen molar-refractivity contribution < 1.29 is 28.0 Å². The molecular formula is C12H9ClF2N4O5. The maximum Gasteiger partial charge on any atom is 0.387 e. The highest BCUT2D eigenvalue weighted by Crippen LogP contribution is 2.31. The van der Waals surface area contributed by atoms with E-state index >= 15 is 0 Å². The summed E-state index contributed by atoms with van der Waals surface area (Å²) in [5, 5.41) is 18.8. The summed E-state index contributed by atoms with van der Waals surface area (Å²) in [5.41, 5.74) is -0.978. The molecule has 2 N–H and O–H groups in total. The van der Waals surface area contributed by atoms with Gasteiger partial charge in [0.15, 0.2) is 0 Å². The number of benzene rings is 1. The quantitative estimate of drug-likeness (QED) is 0.602. The molecule has 1 aromatic heterocycles. The van der Waals surface area contributed by atoms with Crippen LogP contribution in [0.25, 0.3) is 0 Å². The summed E-state index contributed by atoms with van der Waals surface area (Å²) >= 11 is 5.75. The molecule has 0 saturated carbocycles. The van der Waals surface area contributed by atoms with Crippen LogP contribution in [0.3, 0.4) is 0 Å². The number of carbonyl (C=O) groups is 1. The SMILES string of the molecule is COc1n[nH]c(C(=O)Nc2ccc(OC(F)F)c(Cl)c2)c1[N+](=O)[O-]. The second kappa shape index (κ2) is 7.08. The van der Waals surface area contributed by atoms with Crippen molar-refractivity contribution in [2.45, 2.75) is 6.61 Å². The predicted molar refractivity (Wildman–Crippen MR) is 77.8 cm³/mol. The topological polar surface area (TPSA) is 119 Å². The molecule has 9 nitrogen and oxygen atoms in total. The molecule has 0 aliphatic carbocycles. The van der Waals surface area contributed by atoms with Gasteiger partial charge in [0.1, 0.15) is 5.75 Å². The number of alkyl halides is 2. The largest absolute Gasteiger partial charge is 0.475 e. The zero-order valence-corrected chi connectivity index (χ0v) is 12.6. The summed E-state index contributed by atoms with van der Waals surface area (Å²) in [4.78, 5) is 22.3. The molecule has 0 atom stereocenters. The highest BCUT2D eigenvalue weighted by Gasteiger charge is 2.30. The van der Waals surface area contributed by atoms with Crippen LogP contribution in [-0.2, 0) is 0 Å². The zero-order chi connectivity index (χ0) is 17.9. The maximum absolute atomic E-state index is 12.2. The minimum absolute atomic E-state index is 0.106. The van der Waals surface area contributed by atoms with Crippen molar-refractivity contribution >= 4 is 28.9 Å². The van der Waals surface area contributed by atoms with E-state index in [2.05, 4.69) is 25.0 Å². The molecular weight excluding hydrogens is 354 g/mol. The number of aromatic nitrogens is 2. The van der Waals surface area contributed by atoms with Gasteiger partial charge in [-0.1, -0.05) is 11.6 Å². The number of nitrogens with zero attached hydrogens (tertiary/aromatic N) is 2. The molecule has 2 aromatic rings. The predicted octanol–water partition coefficient (Wildman–Crippen LogP) is 2.83. The summed E-state index contributed by atoms with van der Waals surface area (Å²) in [6.45, 7) is -3.05. The first kappa shape index (κ1) is 17.4. The molecule has 24 heavy (non-hydrogen) atoms. The first-order valence-corrected chi connectivity index (χ1v) is 6.53. The third kappa shape index (κ3) is 3.68. The fourth-order valence-electron chi connectivity index (χ4n) is 1.75. The number of hydrogen-bond acceptors (Lipinski definition) is 6. The van der Waals surface area contributed by atoms with E-state index in [-0.39, 0.29) is 22.3 Å². The molecule has 0 aliphatic rings. The number of anilines is 1. The van der Waals surface area contributed by atoms with Crippen molar-refractivity contribution in [1.82, 2.24) is 10.2 Å². The number of nitrogens with one attached hydrogen (secondary N) is 2. The molecule has 1 heterocycles. The Labute approximate surface area is 137 Å². The smallest absolute Gasteiger partial charge is 0.387 e. The molecule has 0 unspecified atom stereocenters. The van der Waals surface area contributed by atoms with Crippen LogP contribution in [0.2, 0.25) is 5.02 Å². The van der Waals surface area contributed by atoms with Crippen LogP contribution in [0, 0.1) is 10.1 Å². The van der Waals surface area contributed by atoms with Gasteiger partial charge in [0, 0.05) is 5.69 Å². The fraction of sp³-hybridized carbons (Fsp3) is 0.167. The third-order valence-electron chi connectivity index (χ3n) is 2.72. The number of H-pyrrole nitrogens is 1. The Hall–Kier alpha value is -2.95. The van der Waals surface area contributed by atoms with Crippen LogP contribution in [-0.4, -0.2) is 34.7 Å². The van der Waals surface area contributed by atoms with Gasteiger partial charge in [-0.3, -0.25) is 20.0 Å². The highest BCUT2D eigenvalue weighted by molar-refractivity contribution is 6.32. The Kier molecular flexibility index (Phi) is 5.14. The van der Waals surface area contributed by atoms with E-state index in [1.54, 1.807) is 0 Å². The third-order valence-corrected chi connectivity index (χ3v) is 3.01. The Morgan fingerprint density at radius 1 is 1.50 bits per heavy atom. The van der Waals surface area contributed by atoms with Crippen molar-refractivity contribution in [1.29, 1.82) is 0 Å². The Balaban J connectivity index is 2.23. The molecule has 2 rings (SSSR count). The van der Waals surface area contributed by atoms with Gasteiger partial charge in [0.25, 0.3) is 5.91 Å². The second-order valence-electron chi connectivity index (χ2n) is 4.19. The average Bonchev–Trinajstić information content (AvgIpc) is 2.94. The molecule has 1 amide bonds. The van der Waals surface area contributed by atoms with Crippen LogP contribution in [0.5, 0.6) is 11.6 Å². The summed E-state index contributed by atoms with van der Waals surface area (Å²) < 4.78 is 33.1. The van der Waals surface area contributed by atoms with Gasteiger partial charge in [0.2, 0.25) is 5.69 Å². The number of amides is 1. The highest BCUT2D eigenvalue weighted by atomic mass is 35.5. The van der Waals surface area contributed by atoms with Gasteiger partial charge >= 0.3 is 18.2 Å². The molecule has 0 bridgehead atoms. The van der Waals surface area contributed by atoms with Crippen LogP contribution in [0.1, 0.15) is 10.5 Å². The van der Waals surface area contributed by atoms with Crippen molar-refractivity contribution in [3.8, 4) is 11.6 Å². The molecule has 128 valence electrons. The lowest BCUT2D eigenvalue weighted by molar-refractivity contribution is -0.386. The van der Waals surface area contributed by atoms with Crippen molar-refractivity contribution in [3.63, 3.8) is 0 Å². The van der Waals surface area contributed by atoms with Crippen LogP contribution in [0.4, 0.5) is 20.2 Å². The number of hydrogen-bond donors (Lipinski definition) is 2. The Morgan fingerprint density at radius 2 is 2.21 bits per heavy atom. The molecule has 0 fully saturated rings. The first-order chi connectivity index (χ1) is 11.3. The second-order valence-corrected chi connectivity index (χ2v) is 4.60. The molecule has 1 aromatic carbocycles. The summed E-state index contributed by atoms with van der Waals surface area (Å²) in [6.07, 6.45) is 0. The summed E-state index contributed by atoms with van der Waals surface area (Å²) in [7, 11) is 1.16. The van der Waals surface area contributed by atoms with E-state index < -0.39 is 28.8 Å². The molecule has 0 spiro atoms. The molecule has 12 heteroatoms. The minimum atomic E-state index is -3.05. The monoisotopic (exact) mass is 362 g/mol. The van der Waals surface area contributed by atoms with Gasteiger partial charge in [-0.05, 0) is 18.2 Å². The lowest BCUT2D eigenvalue weighted by Crippen LogP contribution is -2.14. The van der Waals surface area contributed by atoms with Crippen molar-refractivity contribution in [3.05, 3.63) is 39.0 Å². The van der Waals surface area contributed by atoms with E-state index in [0.717, 1.165) is 19.2 Å². The molecule has 0 aliphatic heterocycles. The van der Waals surface area contributed by atoms with E-state index in [0.29, 0.717) is 0 Å². The lowest BCUT2D eigenvalue weighted by atomic mass is 10.2. The van der Waals surface area contributed by atoms with E-state index in [1.807, 2.05) is 0 Å². The van der Waals surface area contributed by atoms with Crippen molar-refractivity contribution in [2.24, 2.45) is 0 Å². The van der Waals surface area contributed by atoms with Gasteiger partial charge in [-0.25, -0.2) is 0 Å². The van der Waals surface area contributed by atoms with Crippen LogP contribution < -0.4 is 14.8 Å². The lowest BCUT2D eigenvalue weighted by Gasteiger charge is -2.09. The summed E-state index contributed by atoms with van der Waals surface area (Å²) in [5.74, 6) is -1.53. The Bertz CT molecular complexity index is 783. The van der Waals surface area contributed by atoms with Crippen LogP contribution >= 0.6 is 11.6 Å². The van der Waals surface area contributed by atoms with E-state index in [4.69, 9.17) is 11.6 Å². The van der Waals surface area contributed by atoms with E-state index in [9.17, 15) is 23.7 Å². The fourth-order valence-corrected chi connectivity index (χ4v) is 1.98. The van der Waals surface area contributed by atoms with Gasteiger partial charge in [0.05, 0.1) is 17.1 Å². The maximum atomic E-state index is 12.2. The number of aromatic amines is 1. The standard InChI is InChI=1S/C12H9ClF2N4O5/c1-23-11-9(19(21)22)8(17-18-11)10(20)16-5-2-3-7(6(13)4-5)24-12(14)15/h2-4,12H,1H3,(H,16,20)(H,17,18). The minimum Gasteiger partial charge on any atom is -0.475 e. The molecule has 0 radical (unpaired) electrons. The van der Waals surface area contributed by atoms with Crippen LogP contribution in [0.15, 0.2) is 18.2 Å². The number of halogens is 3. The van der Waals surface area contributed by atoms with E-state index in [1.165, 1.54) is 6.07 Å². The van der Waals surface area contributed by atoms with Gasteiger partial charge in [-0.2, -0.15) is 8.78 Å². The number of carbonyl (C=O) groups excluding carboxylic acids is 1. The van der Waals surface area contributed by atoms with Crippen molar-refractivity contribution in [2.75, 3.05) is 12.4 Å². The number of rotatable bonds is 6. The van der Waals surface area contributed by atoms with Gasteiger partial charge in [-0.15, -0.1) is 5.10 Å². The zero-order valence-electron chi connectivity index (χ0n) is 11.9. The first-order valence-electron chi connectivity index (χ1n) is 6.16. The molecule has 0 saturated heterocycles. The summed E-state index contributed by atoms with van der Waals surface area (Å²) in [6, 6.07) is 3.50. The number of nitro groups is 1. The Morgan fingerprint density at radius 3 is 2.75 bits per heavy atom.